The van der Waals surface area contributed by atoms with E-state index in [0.717, 1.165) is 16.7 Å². The summed E-state index contributed by atoms with van der Waals surface area (Å²) in [6.45, 7) is 1.74. The Morgan fingerprint density at radius 2 is 1.91 bits per heavy atom. The minimum absolute atomic E-state index is 0.0814. The van der Waals surface area contributed by atoms with E-state index in [1.54, 1.807) is 19.1 Å². The number of hydrogen-bond donors (Lipinski definition) is 1. The van der Waals surface area contributed by atoms with E-state index in [0.29, 0.717) is 21.6 Å². The maximum Gasteiger partial charge on any atom is 0.245 e. The van der Waals surface area contributed by atoms with Crippen molar-refractivity contribution in [3.05, 3.63) is 71.0 Å². The van der Waals surface area contributed by atoms with E-state index in [-0.39, 0.29) is 18.1 Å². The molecule has 4 rings (SSSR count). The lowest BCUT2D eigenvalue weighted by Gasteiger charge is -2.34. The molecule has 0 saturated carbocycles. The lowest BCUT2D eigenvalue weighted by atomic mass is 9.95. The van der Waals surface area contributed by atoms with Gasteiger partial charge in [0.1, 0.15) is 11.9 Å². The molecule has 1 N–H and O–H groups in total. The Bertz CT molecular complexity index is 1220. The highest BCUT2D eigenvalue weighted by Crippen LogP contribution is 2.30. The Morgan fingerprint density at radius 3 is 2.62 bits per heavy atom. The third kappa shape index (κ3) is 5.17. The van der Waals surface area contributed by atoms with Crippen LogP contribution in [0.5, 0.6) is 0 Å². The summed E-state index contributed by atoms with van der Waals surface area (Å²) in [5.41, 5.74) is 2.81. The summed E-state index contributed by atoms with van der Waals surface area (Å²) in [5.74, 6) is -0.209. The molecule has 32 heavy (non-hydrogen) atoms. The minimum Gasteiger partial charge on any atom is -0.299 e. The standard InChI is InChI=1S/C21H21FN4O3S3/c1-2-32(28,29)26-12-16-6-4-3-5-15(16)11-18(26)19(27)23-20-24-25-21(31-20)30-13-14-7-9-17(22)10-8-14/h3-10,18H,2,11-13H2,1H3,(H,23,24,27)/t18-/m0/s1. The molecule has 0 aliphatic carbocycles. The molecule has 7 nitrogen and oxygen atoms in total. The Morgan fingerprint density at radius 1 is 1.19 bits per heavy atom. The number of nitrogens with one attached hydrogen (secondary N) is 1. The number of halogens is 1. The van der Waals surface area contributed by atoms with Gasteiger partial charge in [-0.2, -0.15) is 4.31 Å². The number of sulfonamides is 1. The predicted octanol–water partition coefficient (Wildman–Crippen LogP) is 3.68. The van der Waals surface area contributed by atoms with Crippen LogP contribution in [0.1, 0.15) is 23.6 Å². The average molecular weight is 493 g/mol. The summed E-state index contributed by atoms with van der Waals surface area (Å²) in [5, 5.41) is 11.1. The molecule has 1 atom stereocenters. The predicted molar refractivity (Wildman–Crippen MR) is 123 cm³/mol. The van der Waals surface area contributed by atoms with Crippen molar-refractivity contribution in [2.45, 2.75) is 36.0 Å². The first-order valence-electron chi connectivity index (χ1n) is 9.93. The summed E-state index contributed by atoms with van der Waals surface area (Å²) in [7, 11) is -3.58. The number of fused-ring (bicyclic) bond motifs is 1. The van der Waals surface area contributed by atoms with Gasteiger partial charge in [-0.1, -0.05) is 59.5 Å². The minimum atomic E-state index is -3.58. The third-order valence-corrected chi connectivity index (χ3v) is 9.01. The molecule has 0 spiro atoms. The SMILES string of the molecule is CCS(=O)(=O)N1Cc2ccccc2C[C@H]1C(=O)Nc1nnc(SCc2ccc(F)cc2)s1. The highest BCUT2D eigenvalue weighted by atomic mass is 32.2. The Labute approximate surface area is 194 Å². The van der Waals surface area contributed by atoms with Crippen molar-refractivity contribution >= 4 is 44.2 Å². The van der Waals surface area contributed by atoms with Crippen molar-refractivity contribution in [2.75, 3.05) is 11.1 Å². The van der Waals surface area contributed by atoms with Crippen LogP contribution in [0.4, 0.5) is 9.52 Å². The number of carbonyl (C=O) groups excluding carboxylic acids is 1. The van der Waals surface area contributed by atoms with E-state index in [1.807, 2.05) is 24.3 Å². The molecule has 0 unspecified atom stereocenters. The smallest absolute Gasteiger partial charge is 0.245 e. The summed E-state index contributed by atoms with van der Waals surface area (Å²) in [4.78, 5) is 13.1. The van der Waals surface area contributed by atoms with E-state index in [2.05, 4.69) is 15.5 Å². The second-order valence-electron chi connectivity index (χ2n) is 7.21. The van der Waals surface area contributed by atoms with E-state index in [9.17, 15) is 17.6 Å². The summed E-state index contributed by atoms with van der Waals surface area (Å²) in [6.07, 6.45) is 0.298. The van der Waals surface area contributed by atoms with Crippen LogP contribution >= 0.6 is 23.1 Å². The first-order chi connectivity index (χ1) is 15.4. The highest BCUT2D eigenvalue weighted by molar-refractivity contribution is 8.00. The number of nitrogens with zero attached hydrogens (tertiary/aromatic N) is 3. The van der Waals surface area contributed by atoms with E-state index >= 15 is 0 Å². The van der Waals surface area contributed by atoms with Crippen LogP contribution in [-0.2, 0) is 33.5 Å². The lowest BCUT2D eigenvalue weighted by molar-refractivity contribution is -0.120. The van der Waals surface area contributed by atoms with Gasteiger partial charge in [0.05, 0.1) is 5.75 Å². The average Bonchev–Trinajstić information content (AvgIpc) is 3.25. The molecule has 2 heterocycles. The number of benzene rings is 2. The van der Waals surface area contributed by atoms with Gasteiger partial charge >= 0.3 is 0 Å². The van der Waals surface area contributed by atoms with Crippen molar-refractivity contribution in [3.8, 4) is 0 Å². The molecule has 168 valence electrons. The van der Waals surface area contributed by atoms with Gasteiger partial charge in [0, 0.05) is 12.3 Å². The number of carbonyl (C=O) groups is 1. The fourth-order valence-corrected chi connectivity index (χ4v) is 6.35. The number of amides is 1. The molecule has 1 amide bonds. The van der Waals surface area contributed by atoms with Crippen molar-refractivity contribution in [1.82, 2.24) is 14.5 Å². The van der Waals surface area contributed by atoms with Gasteiger partial charge in [-0.15, -0.1) is 10.2 Å². The third-order valence-electron chi connectivity index (χ3n) is 5.14. The number of aromatic nitrogens is 2. The quantitative estimate of drug-likeness (QED) is 0.400. The van der Waals surface area contributed by atoms with Crippen LogP contribution in [-0.4, -0.2) is 40.6 Å². The van der Waals surface area contributed by atoms with Gasteiger partial charge in [-0.25, -0.2) is 12.8 Å². The van der Waals surface area contributed by atoms with Gasteiger partial charge in [0.2, 0.25) is 21.1 Å². The lowest BCUT2D eigenvalue weighted by Crippen LogP contribution is -2.51. The molecule has 1 aliphatic heterocycles. The first kappa shape index (κ1) is 22.8. The molecular weight excluding hydrogens is 471 g/mol. The molecular formula is C21H21FN4O3S3. The molecule has 0 bridgehead atoms. The number of anilines is 1. The topological polar surface area (TPSA) is 92.3 Å². The summed E-state index contributed by atoms with van der Waals surface area (Å²) < 4.78 is 40.3. The van der Waals surface area contributed by atoms with Gasteiger partial charge in [-0.3, -0.25) is 10.1 Å². The van der Waals surface area contributed by atoms with Crippen LogP contribution in [0.15, 0.2) is 52.9 Å². The molecule has 1 aromatic heterocycles. The molecule has 0 fully saturated rings. The van der Waals surface area contributed by atoms with Gasteiger partial charge in [0.15, 0.2) is 4.34 Å². The zero-order valence-electron chi connectivity index (χ0n) is 17.2. The fourth-order valence-electron chi connectivity index (χ4n) is 3.41. The van der Waals surface area contributed by atoms with Crippen LogP contribution in [0.3, 0.4) is 0 Å². The molecule has 11 heteroatoms. The monoisotopic (exact) mass is 492 g/mol. The molecule has 0 radical (unpaired) electrons. The molecule has 1 aliphatic rings. The van der Waals surface area contributed by atoms with Gasteiger partial charge < -0.3 is 0 Å². The largest absolute Gasteiger partial charge is 0.299 e. The van der Waals surface area contributed by atoms with E-state index in [4.69, 9.17) is 0 Å². The normalized spacial score (nSPS) is 16.5. The van der Waals surface area contributed by atoms with Crippen molar-refractivity contribution in [1.29, 1.82) is 0 Å². The number of hydrogen-bond acceptors (Lipinski definition) is 7. The fraction of sp³-hybridized carbons (Fsp3) is 0.286. The summed E-state index contributed by atoms with van der Waals surface area (Å²) in [6, 6.07) is 12.9. The number of thioether (sulfide) groups is 1. The van der Waals surface area contributed by atoms with Crippen LogP contribution in [0, 0.1) is 5.82 Å². The van der Waals surface area contributed by atoms with Crippen LogP contribution in [0.2, 0.25) is 0 Å². The zero-order chi connectivity index (χ0) is 22.7. The second-order valence-corrected chi connectivity index (χ2v) is 11.6. The van der Waals surface area contributed by atoms with Gasteiger partial charge in [-0.05, 0) is 42.2 Å². The zero-order valence-corrected chi connectivity index (χ0v) is 19.6. The molecule has 0 saturated heterocycles. The van der Waals surface area contributed by atoms with Crippen molar-refractivity contribution < 1.29 is 17.6 Å². The van der Waals surface area contributed by atoms with Crippen molar-refractivity contribution in [2.24, 2.45) is 0 Å². The Balaban J connectivity index is 1.46. The Hall–Kier alpha value is -2.34. The molecule has 3 aromatic rings. The Kier molecular flexibility index (Phi) is 6.89. The van der Waals surface area contributed by atoms with Crippen LogP contribution < -0.4 is 5.32 Å². The maximum absolute atomic E-state index is 13.1. The first-order valence-corrected chi connectivity index (χ1v) is 13.3. The van der Waals surface area contributed by atoms with Gasteiger partial charge in [0.25, 0.3) is 0 Å². The maximum atomic E-state index is 13.1. The van der Waals surface area contributed by atoms with E-state index in [1.165, 1.54) is 39.5 Å². The molecule has 2 aromatic carbocycles. The second kappa shape index (κ2) is 9.65. The van der Waals surface area contributed by atoms with Crippen molar-refractivity contribution in [3.63, 3.8) is 0 Å². The van der Waals surface area contributed by atoms with E-state index < -0.39 is 22.0 Å². The highest BCUT2D eigenvalue weighted by Gasteiger charge is 2.38. The number of rotatable bonds is 7. The van der Waals surface area contributed by atoms with Crippen LogP contribution in [0.25, 0.3) is 0 Å². The summed E-state index contributed by atoms with van der Waals surface area (Å²) >= 11 is 2.64.